The summed E-state index contributed by atoms with van der Waals surface area (Å²) >= 11 is 0. The molecule has 0 atom stereocenters. The molecule has 2 aliphatic heterocycles. The summed E-state index contributed by atoms with van der Waals surface area (Å²) in [7, 11) is 0. The second-order valence-electron chi connectivity index (χ2n) is 5.86. The zero-order chi connectivity index (χ0) is 15.1. The number of hydrogen-bond acceptors (Lipinski definition) is 4. The number of ether oxygens (including phenoxy) is 1. The fraction of sp³-hybridized carbons (Fsp3) is 0.857. The molecule has 0 aromatic carbocycles. The number of nitrogens with one attached hydrogen (secondary N) is 2. The first-order valence-electron chi connectivity index (χ1n) is 7.68. The van der Waals surface area contributed by atoms with E-state index in [1.54, 1.807) is 0 Å². The summed E-state index contributed by atoms with van der Waals surface area (Å²) in [5, 5.41) is 14.9. The summed E-state index contributed by atoms with van der Waals surface area (Å²) in [6.07, 6.45) is 3.34. The Morgan fingerprint density at radius 2 is 1.81 bits per heavy atom. The van der Waals surface area contributed by atoms with Gasteiger partial charge in [0.15, 0.2) is 0 Å². The molecule has 0 radical (unpaired) electrons. The van der Waals surface area contributed by atoms with Crippen molar-refractivity contribution in [3.8, 4) is 0 Å². The number of aliphatic carboxylic acids is 1. The van der Waals surface area contributed by atoms with Crippen LogP contribution in [0.4, 0.5) is 4.79 Å². The van der Waals surface area contributed by atoms with Crippen molar-refractivity contribution in [2.45, 2.75) is 25.7 Å². The molecule has 0 unspecified atom stereocenters. The zero-order valence-corrected chi connectivity index (χ0v) is 12.4. The molecule has 0 aromatic heterocycles. The first-order chi connectivity index (χ1) is 10.1. The standard InChI is InChI=1S/C14H25N3O4/c18-12(19)14(3-9-21-10-4-14)11-16-13(20)15-5-8-17-6-1-2-7-17/h1-11H2,(H,18,19)(H2,15,16,20). The Labute approximate surface area is 125 Å². The molecule has 3 N–H and O–H groups in total. The quantitative estimate of drug-likeness (QED) is 0.654. The molecule has 0 spiro atoms. The number of rotatable bonds is 6. The van der Waals surface area contributed by atoms with Gasteiger partial charge in [0, 0.05) is 32.8 Å². The number of carbonyl (C=O) groups excluding carboxylic acids is 1. The second kappa shape index (κ2) is 7.61. The molecule has 21 heavy (non-hydrogen) atoms. The summed E-state index contributed by atoms with van der Waals surface area (Å²) in [6.45, 7) is 4.67. The predicted molar refractivity (Wildman–Crippen MR) is 77.2 cm³/mol. The minimum Gasteiger partial charge on any atom is -0.481 e. The van der Waals surface area contributed by atoms with Crippen molar-refractivity contribution < 1.29 is 19.4 Å². The maximum atomic E-state index is 11.8. The third-order valence-electron chi connectivity index (χ3n) is 4.40. The highest BCUT2D eigenvalue weighted by Gasteiger charge is 2.40. The van der Waals surface area contributed by atoms with Crippen molar-refractivity contribution in [3.63, 3.8) is 0 Å². The number of hydrogen-bond donors (Lipinski definition) is 3. The molecule has 0 bridgehead atoms. The number of carboxylic acid groups (broad SMARTS) is 1. The summed E-state index contributed by atoms with van der Waals surface area (Å²) in [5.41, 5.74) is -0.884. The van der Waals surface area contributed by atoms with Gasteiger partial charge < -0.3 is 25.4 Å². The maximum Gasteiger partial charge on any atom is 0.314 e. The largest absolute Gasteiger partial charge is 0.481 e. The second-order valence-corrected chi connectivity index (χ2v) is 5.86. The van der Waals surface area contributed by atoms with Crippen molar-refractivity contribution in [1.82, 2.24) is 15.5 Å². The number of urea groups is 1. The first-order valence-corrected chi connectivity index (χ1v) is 7.68. The van der Waals surface area contributed by atoms with Crippen molar-refractivity contribution in [2.75, 3.05) is 45.9 Å². The predicted octanol–water partition coefficient (Wildman–Crippen LogP) is 0.263. The Kier molecular flexibility index (Phi) is 5.81. The Morgan fingerprint density at radius 1 is 1.14 bits per heavy atom. The van der Waals surface area contributed by atoms with Gasteiger partial charge in [0.1, 0.15) is 0 Å². The van der Waals surface area contributed by atoms with Crippen LogP contribution >= 0.6 is 0 Å². The van der Waals surface area contributed by atoms with Crippen LogP contribution < -0.4 is 10.6 Å². The molecular weight excluding hydrogens is 274 g/mol. The van der Waals surface area contributed by atoms with E-state index in [4.69, 9.17) is 4.74 Å². The van der Waals surface area contributed by atoms with Gasteiger partial charge in [0.05, 0.1) is 5.41 Å². The fourth-order valence-electron chi connectivity index (χ4n) is 2.87. The summed E-state index contributed by atoms with van der Waals surface area (Å²) in [6, 6.07) is -0.290. The average molecular weight is 299 g/mol. The van der Waals surface area contributed by atoms with Crippen molar-refractivity contribution in [2.24, 2.45) is 5.41 Å². The smallest absolute Gasteiger partial charge is 0.314 e. The van der Waals surface area contributed by atoms with Gasteiger partial charge in [-0.05, 0) is 38.8 Å². The van der Waals surface area contributed by atoms with Gasteiger partial charge in [-0.15, -0.1) is 0 Å². The van der Waals surface area contributed by atoms with Crippen LogP contribution in [0.3, 0.4) is 0 Å². The lowest BCUT2D eigenvalue weighted by Crippen LogP contribution is -2.49. The number of carbonyl (C=O) groups is 2. The Bertz CT molecular complexity index is 363. The maximum absolute atomic E-state index is 11.8. The highest BCUT2D eigenvalue weighted by Crippen LogP contribution is 2.29. The molecule has 2 saturated heterocycles. The molecule has 2 fully saturated rings. The van der Waals surface area contributed by atoms with E-state index >= 15 is 0 Å². The van der Waals surface area contributed by atoms with Gasteiger partial charge >= 0.3 is 12.0 Å². The van der Waals surface area contributed by atoms with E-state index in [2.05, 4.69) is 15.5 Å². The summed E-state index contributed by atoms with van der Waals surface area (Å²) < 4.78 is 5.21. The van der Waals surface area contributed by atoms with Crippen LogP contribution in [0, 0.1) is 5.41 Å². The lowest BCUT2D eigenvalue weighted by Gasteiger charge is -2.33. The van der Waals surface area contributed by atoms with Crippen LogP contribution in [0.25, 0.3) is 0 Å². The lowest BCUT2D eigenvalue weighted by molar-refractivity contribution is -0.154. The van der Waals surface area contributed by atoms with Gasteiger partial charge in [-0.25, -0.2) is 4.79 Å². The molecule has 7 heteroatoms. The topological polar surface area (TPSA) is 90.9 Å². The fourth-order valence-corrected chi connectivity index (χ4v) is 2.87. The Morgan fingerprint density at radius 3 is 2.43 bits per heavy atom. The molecular formula is C14H25N3O4. The van der Waals surface area contributed by atoms with E-state index in [1.165, 1.54) is 12.8 Å². The SMILES string of the molecule is O=C(NCCN1CCCC1)NCC1(C(=O)O)CCOCC1. The highest BCUT2D eigenvalue weighted by molar-refractivity contribution is 5.78. The van der Waals surface area contributed by atoms with Crippen LogP contribution in [0.15, 0.2) is 0 Å². The van der Waals surface area contributed by atoms with Gasteiger partial charge in [-0.3, -0.25) is 4.79 Å². The first kappa shape index (κ1) is 16.0. The normalized spacial score (nSPS) is 21.9. The van der Waals surface area contributed by atoms with Crippen molar-refractivity contribution in [1.29, 1.82) is 0 Å². The highest BCUT2D eigenvalue weighted by atomic mass is 16.5. The van der Waals surface area contributed by atoms with E-state index in [0.717, 1.165) is 19.6 Å². The zero-order valence-electron chi connectivity index (χ0n) is 12.4. The molecule has 0 aromatic rings. The number of likely N-dealkylation sites (tertiary alicyclic amines) is 1. The number of nitrogens with zero attached hydrogens (tertiary/aromatic N) is 1. The molecule has 2 heterocycles. The molecule has 2 rings (SSSR count). The molecule has 2 amide bonds. The minimum absolute atomic E-state index is 0.154. The van der Waals surface area contributed by atoms with E-state index in [0.29, 0.717) is 32.6 Å². The Balaban J connectivity index is 1.67. The monoisotopic (exact) mass is 299 g/mol. The van der Waals surface area contributed by atoms with Gasteiger partial charge in [0.2, 0.25) is 0 Å². The van der Waals surface area contributed by atoms with Crippen LogP contribution in [-0.2, 0) is 9.53 Å². The molecule has 2 aliphatic rings. The van der Waals surface area contributed by atoms with E-state index in [1.807, 2.05) is 0 Å². The molecule has 120 valence electrons. The summed E-state index contributed by atoms with van der Waals surface area (Å²) in [5.74, 6) is -0.858. The summed E-state index contributed by atoms with van der Waals surface area (Å²) in [4.78, 5) is 25.5. The van der Waals surface area contributed by atoms with Gasteiger partial charge in [-0.2, -0.15) is 0 Å². The molecule has 7 nitrogen and oxygen atoms in total. The van der Waals surface area contributed by atoms with Crippen LogP contribution in [-0.4, -0.2) is 67.9 Å². The van der Waals surface area contributed by atoms with Crippen molar-refractivity contribution >= 4 is 12.0 Å². The van der Waals surface area contributed by atoms with Crippen LogP contribution in [0.2, 0.25) is 0 Å². The van der Waals surface area contributed by atoms with E-state index in [9.17, 15) is 14.7 Å². The van der Waals surface area contributed by atoms with Crippen molar-refractivity contribution in [3.05, 3.63) is 0 Å². The van der Waals surface area contributed by atoms with E-state index < -0.39 is 11.4 Å². The van der Waals surface area contributed by atoms with Crippen LogP contribution in [0.5, 0.6) is 0 Å². The average Bonchev–Trinajstić information content (AvgIpc) is 2.99. The van der Waals surface area contributed by atoms with Gasteiger partial charge in [-0.1, -0.05) is 0 Å². The number of amides is 2. The number of carboxylic acids is 1. The van der Waals surface area contributed by atoms with E-state index in [-0.39, 0.29) is 12.6 Å². The minimum atomic E-state index is -0.884. The molecule has 0 aliphatic carbocycles. The van der Waals surface area contributed by atoms with Gasteiger partial charge in [0.25, 0.3) is 0 Å². The Hall–Kier alpha value is -1.34. The third-order valence-corrected chi connectivity index (χ3v) is 4.40. The van der Waals surface area contributed by atoms with Crippen LogP contribution in [0.1, 0.15) is 25.7 Å². The third kappa shape index (κ3) is 4.57. The molecule has 0 saturated carbocycles. The lowest BCUT2D eigenvalue weighted by atomic mass is 9.80.